The topological polar surface area (TPSA) is 30.7 Å². The highest BCUT2D eigenvalue weighted by Crippen LogP contribution is 2.44. The van der Waals surface area contributed by atoms with Crippen molar-refractivity contribution in [1.82, 2.24) is 14.5 Å². The molecule has 0 unspecified atom stereocenters. The van der Waals surface area contributed by atoms with Crippen molar-refractivity contribution in [3.05, 3.63) is 114 Å². The van der Waals surface area contributed by atoms with Crippen LogP contribution in [0, 0.1) is 6.92 Å². The predicted molar refractivity (Wildman–Crippen MR) is 166 cm³/mol. The first kappa shape index (κ1) is 23.8. The number of hydrogen-bond donors (Lipinski definition) is 0. The summed E-state index contributed by atoms with van der Waals surface area (Å²) in [6.07, 6.45) is 1.89. The van der Waals surface area contributed by atoms with Crippen LogP contribution in [0.4, 0.5) is 0 Å². The summed E-state index contributed by atoms with van der Waals surface area (Å²) in [4.78, 5) is 9.95. The Morgan fingerprint density at radius 3 is 2.26 bits per heavy atom. The molecule has 0 aliphatic heterocycles. The molecular weight excluding hydrogens is 494 g/mol. The van der Waals surface area contributed by atoms with E-state index < -0.39 is 0 Å². The van der Waals surface area contributed by atoms with Crippen molar-refractivity contribution in [1.29, 1.82) is 0 Å². The lowest BCUT2D eigenvalue weighted by atomic mass is 9.87. The van der Waals surface area contributed by atoms with Gasteiger partial charge in [-0.25, -0.2) is 9.97 Å². The molecule has 0 bridgehead atoms. The number of para-hydroxylation sites is 1. The van der Waals surface area contributed by atoms with Crippen molar-refractivity contribution in [3.8, 4) is 28.2 Å². The van der Waals surface area contributed by atoms with Crippen molar-refractivity contribution in [2.75, 3.05) is 0 Å². The number of thiophene rings is 1. The van der Waals surface area contributed by atoms with Crippen LogP contribution in [0.15, 0.2) is 103 Å². The third kappa shape index (κ3) is 3.86. The summed E-state index contributed by atoms with van der Waals surface area (Å²) < 4.78 is 4.87. The Bertz CT molecular complexity index is 1990. The summed E-state index contributed by atoms with van der Waals surface area (Å²) in [5, 5.41) is 2.60. The van der Waals surface area contributed by atoms with Gasteiger partial charge in [-0.2, -0.15) is 0 Å². The quantitative estimate of drug-likeness (QED) is 0.231. The Morgan fingerprint density at radius 1 is 0.769 bits per heavy atom. The summed E-state index contributed by atoms with van der Waals surface area (Å²) in [5.41, 5.74) is 9.03. The number of nitrogens with zero attached hydrogens (tertiary/aromatic N) is 3. The van der Waals surface area contributed by atoms with E-state index in [1.165, 1.54) is 42.4 Å². The van der Waals surface area contributed by atoms with Crippen molar-refractivity contribution >= 4 is 42.7 Å². The van der Waals surface area contributed by atoms with E-state index in [-0.39, 0.29) is 5.41 Å². The number of rotatable bonds is 3. The van der Waals surface area contributed by atoms with Gasteiger partial charge in [-0.3, -0.25) is 4.57 Å². The molecule has 7 rings (SSSR count). The Labute approximate surface area is 232 Å². The van der Waals surface area contributed by atoms with Crippen molar-refractivity contribution < 1.29 is 0 Å². The molecule has 0 saturated heterocycles. The smallest absolute Gasteiger partial charge is 0.178 e. The maximum atomic E-state index is 5.21. The zero-order valence-corrected chi connectivity index (χ0v) is 23.4. The molecule has 0 amide bonds. The molecule has 3 heterocycles. The molecule has 0 spiro atoms. The molecule has 3 nitrogen and oxygen atoms in total. The van der Waals surface area contributed by atoms with E-state index in [9.17, 15) is 0 Å². The Morgan fingerprint density at radius 2 is 1.51 bits per heavy atom. The summed E-state index contributed by atoms with van der Waals surface area (Å²) in [7, 11) is 0. The first-order valence-corrected chi connectivity index (χ1v) is 14.2. The van der Waals surface area contributed by atoms with Gasteiger partial charge in [0, 0.05) is 37.6 Å². The lowest BCUT2D eigenvalue weighted by Crippen LogP contribution is -2.13. The number of aromatic nitrogens is 3. The number of hydrogen-bond acceptors (Lipinski definition) is 3. The van der Waals surface area contributed by atoms with Gasteiger partial charge >= 0.3 is 0 Å². The summed E-state index contributed by atoms with van der Waals surface area (Å²) in [6, 6.07) is 34.6. The zero-order valence-electron chi connectivity index (χ0n) is 22.6. The summed E-state index contributed by atoms with van der Waals surface area (Å²) >= 11 is 1.86. The lowest BCUT2D eigenvalue weighted by molar-refractivity contribution is 0.593. The molecule has 4 aromatic carbocycles. The number of fused-ring (bicyclic) bond motifs is 4. The number of aryl methyl sites for hydroxylation is 1. The Kier molecular flexibility index (Phi) is 5.43. The van der Waals surface area contributed by atoms with Gasteiger partial charge in [0.15, 0.2) is 5.65 Å². The van der Waals surface area contributed by atoms with E-state index in [1.807, 2.05) is 17.5 Å². The minimum atomic E-state index is -0.0565. The molecule has 0 aliphatic rings. The van der Waals surface area contributed by atoms with Crippen LogP contribution in [0.1, 0.15) is 31.9 Å². The number of pyridine rings is 1. The lowest BCUT2D eigenvalue weighted by Gasteiger charge is -2.21. The van der Waals surface area contributed by atoms with Gasteiger partial charge in [0.05, 0.1) is 5.52 Å². The molecule has 3 aromatic heterocycles. The zero-order chi connectivity index (χ0) is 26.7. The molecule has 0 N–H and O–H groups in total. The predicted octanol–water partition coefficient (Wildman–Crippen LogP) is 9.73. The monoisotopic (exact) mass is 523 g/mol. The molecule has 0 aliphatic carbocycles. The van der Waals surface area contributed by atoms with Gasteiger partial charge in [0.2, 0.25) is 0 Å². The van der Waals surface area contributed by atoms with Crippen LogP contribution in [0.2, 0.25) is 0 Å². The average Bonchev–Trinajstić information content (AvgIpc) is 3.52. The highest BCUT2D eigenvalue weighted by molar-refractivity contribution is 7.26. The van der Waals surface area contributed by atoms with Crippen LogP contribution < -0.4 is 0 Å². The molecule has 4 heteroatoms. The van der Waals surface area contributed by atoms with Crippen LogP contribution in [-0.4, -0.2) is 14.5 Å². The molecule has 190 valence electrons. The van der Waals surface area contributed by atoms with Crippen molar-refractivity contribution in [2.24, 2.45) is 0 Å². The molecule has 0 fully saturated rings. The van der Waals surface area contributed by atoms with Crippen molar-refractivity contribution in [3.63, 3.8) is 0 Å². The van der Waals surface area contributed by atoms with E-state index in [4.69, 9.17) is 9.97 Å². The number of benzene rings is 4. The largest absolute Gasteiger partial charge is 0.290 e. The van der Waals surface area contributed by atoms with Gasteiger partial charge in [-0.05, 0) is 64.9 Å². The second kappa shape index (κ2) is 8.89. The molecular formula is C35H29N3S. The fourth-order valence-electron chi connectivity index (χ4n) is 5.65. The minimum absolute atomic E-state index is 0.0565. The third-order valence-electron chi connectivity index (χ3n) is 7.55. The fraction of sp³-hybridized carbons (Fsp3) is 0.143. The maximum absolute atomic E-state index is 5.21. The first-order valence-electron chi connectivity index (χ1n) is 13.4. The van der Waals surface area contributed by atoms with Crippen LogP contribution in [-0.2, 0) is 5.41 Å². The van der Waals surface area contributed by atoms with Gasteiger partial charge in [0.25, 0.3) is 0 Å². The molecule has 0 radical (unpaired) electrons. The Hall–Kier alpha value is -4.28. The van der Waals surface area contributed by atoms with Crippen LogP contribution >= 0.6 is 11.3 Å². The molecule has 0 atom stereocenters. The summed E-state index contributed by atoms with van der Waals surface area (Å²) in [6.45, 7) is 8.97. The van der Waals surface area contributed by atoms with Gasteiger partial charge in [0.1, 0.15) is 5.82 Å². The standard InChI is InChI=1S/C35H29N3S/c1-22-15-17-27(32-30(22)26-18-16-24(21-29(26)39-32)23-11-7-5-8-12-23)34-37-33-31(28(19-20-36-33)35(2,3)4)38(34)25-13-9-6-10-14-25/h5-21H,1-4H3. The normalized spacial score (nSPS) is 12.1. The molecule has 0 saturated carbocycles. The van der Waals surface area contributed by atoms with Gasteiger partial charge in [-0.1, -0.05) is 87.5 Å². The maximum Gasteiger partial charge on any atom is 0.178 e. The van der Waals surface area contributed by atoms with E-state index in [2.05, 4.69) is 129 Å². The van der Waals surface area contributed by atoms with Crippen LogP contribution in [0.5, 0.6) is 0 Å². The fourth-order valence-corrected chi connectivity index (χ4v) is 6.98. The Balaban J connectivity index is 1.55. The second-order valence-electron chi connectivity index (χ2n) is 11.2. The van der Waals surface area contributed by atoms with Gasteiger partial charge in [-0.15, -0.1) is 11.3 Å². The highest BCUT2D eigenvalue weighted by Gasteiger charge is 2.25. The van der Waals surface area contributed by atoms with Crippen LogP contribution in [0.3, 0.4) is 0 Å². The second-order valence-corrected chi connectivity index (χ2v) is 12.3. The number of imidazole rings is 1. The summed E-state index contributed by atoms with van der Waals surface area (Å²) in [5.74, 6) is 0.931. The van der Waals surface area contributed by atoms with Gasteiger partial charge < -0.3 is 0 Å². The SMILES string of the molecule is Cc1ccc(-c2nc3nccc(C(C)(C)C)c3n2-c2ccccc2)c2sc3cc(-c4ccccc4)ccc3c12. The average molecular weight is 524 g/mol. The molecule has 39 heavy (non-hydrogen) atoms. The van der Waals surface area contributed by atoms with E-state index in [1.54, 1.807) is 0 Å². The van der Waals surface area contributed by atoms with E-state index in [0.29, 0.717) is 0 Å². The van der Waals surface area contributed by atoms with Crippen LogP contribution in [0.25, 0.3) is 59.5 Å². The first-order chi connectivity index (χ1) is 18.9. The highest BCUT2D eigenvalue weighted by atomic mass is 32.1. The molecule has 7 aromatic rings. The minimum Gasteiger partial charge on any atom is -0.290 e. The van der Waals surface area contributed by atoms with E-state index in [0.717, 1.165) is 28.2 Å². The van der Waals surface area contributed by atoms with E-state index >= 15 is 0 Å². The van der Waals surface area contributed by atoms with Crippen molar-refractivity contribution in [2.45, 2.75) is 33.1 Å². The third-order valence-corrected chi connectivity index (χ3v) is 8.74.